The molecule has 1 rings (SSSR count). The molecule has 1 fully saturated rings. The lowest BCUT2D eigenvalue weighted by atomic mass is 9.76. The van der Waals surface area contributed by atoms with Crippen molar-refractivity contribution >= 4 is 5.97 Å². The van der Waals surface area contributed by atoms with Gasteiger partial charge in [-0.3, -0.25) is 4.79 Å². The highest BCUT2D eigenvalue weighted by Gasteiger charge is 2.41. The molecule has 4 heteroatoms. The molecule has 1 N–H and O–H groups in total. The summed E-state index contributed by atoms with van der Waals surface area (Å²) < 4.78 is 5.33. The first-order valence-corrected chi connectivity index (χ1v) is 7.18. The molecule has 0 amide bonds. The Morgan fingerprint density at radius 1 is 1.44 bits per heavy atom. The second-order valence-corrected chi connectivity index (χ2v) is 5.27. The van der Waals surface area contributed by atoms with Crippen LogP contribution in [0.2, 0.25) is 0 Å². The Morgan fingerprint density at radius 2 is 2.22 bits per heavy atom. The quantitative estimate of drug-likeness (QED) is 0.678. The van der Waals surface area contributed by atoms with Crippen molar-refractivity contribution in [2.75, 3.05) is 32.8 Å². The summed E-state index contributed by atoms with van der Waals surface area (Å²) in [7, 11) is 0. The maximum atomic E-state index is 11.5. The molecule has 0 aromatic carbocycles. The van der Waals surface area contributed by atoms with Gasteiger partial charge in [-0.1, -0.05) is 13.3 Å². The average Bonchev–Trinajstić information content (AvgIpc) is 2.35. The van der Waals surface area contributed by atoms with Crippen molar-refractivity contribution < 1.29 is 14.6 Å². The summed E-state index contributed by atoms with van der Waals surface area (Å²) in [5, 5.41) is 9.50. The molecule has 0 radical (unpaired) electrons. The highest BCUT2D eigenvalue weighted by Crippen LogP contribution is 2.35. The highest BCUT2D eigenvalue weighted by molar-refractivity contribution is 5.75. The lowest BCUT2D eigenvalue weighted by molar-refractivity contribution is -0.153. The van der Waals surface area contributed by atoms with E-state index in [1.807, 2.05) is 6.92 Å². The fourth-order valence-electron chi connectivity index (χ4n) is 2.92. The zero-order chi connectivity index (χ0) is 13.4. The Balaban J connectivity index is 2.45. The number of rotatable bonds is 8. The second-order valence-electron chi connectivity index (χ2n) is 5.27. The summed E-state index contributed by atoms with van der Waals surface area (Å²) in [6, 6.07) is 0. The third kappa shape index (κ3) is 4.25. The Labute approximate surface area is 110 Å². The van der Waals surface area contributed by atoms with E-state index in [-0.39, 0.29) is 0 Å². The van der Waals surface area contributed by atoms with Gasteiger partial charge < -0.3 is 14.7 Å². The molecule has 1 saturated heterocycles. The predicted molar refractivity (Wildman–Crippen MR) is 71.8 cm³/mol. The van der Waals surface area contributed by atoms with Gasteiger partial charge in [-0.15, -0.1) is 0 Å². The first kappa shape index (κ1) is 15.4. The van der Waals surface area contributed by atoms with Crippen LogP contribution in [0.25, 0.3) is 0 Å². The molecule has 1 heterocycles. The first-order valence-electron chi connectivity index (χ1n) is 7.18. The fraction of sp³-hybridized carbons (Fsp3) is 0.929. The summed E-state index contributed by atoms with van der Waals surface area (Å²) >= 11 is 0. The smallest absolute Gasteiger partial charge is 0.310 e. The second kappa shape index (κ2) is 7.74. The molecule has 0 aliphatic carbocycles. The molecule has 0 aromatic heterocycles. The number of hydrogen-bond donors (Lipinski definition) is 1. The molecule has 0 spiro atoms. The molecular weight excluding hydrogens is 230 g/mol. The molecule has 0 saturated carbocycles. The minimum absolute atomic E-state index is 0.501. The van der Waals surface area contributed by atoms with Crippen molar-refractivity contribution in [1.82, 2.24) is 4.90 Å². The normalized spacial score (nSPS) is 25.2. The van der Waals surface area contributed by atoms with Gasteiger partial charge in [0.05, 0.1) is 5.41 Å². The summed E-state index contributed by atoms with van der Waals surface area (Å²) in [4.78, 5) is 13.8. The summed E-state index contributed by atoms with van der Waals surface area (Å²) in [5.74, 6) is -0.612. The minimum Gasteiger partial charge on any atom is -0.481 e. The van der Waals surface area contributed by atoms with E-state index in [4.69, 9.17) is 4.74 Å². The van der Waals surface area contributed by atoms with Gasteiger partial charge in [-0.05, 0) is 39.2 Å². The zero-order valence-corrected chi connectivity index (χ0v) is 11.8. The largest absolute Gasteiger partial charge is 0.481 e. The van der Waals surface area contributed by atoms with Crippen LogP contribution in [0.1, 0.15) is 46.0 Å². The van der Waals surface area contributed by atoms with Gasteiger partial charge in [0, 0.05) is 26.3 Å². The Kier molecular flexibility index (Phi) is 6.65. The van der Waals surface area contributed by atoms with Crippen molar-refractivity contribution in [3.63, 3.8) is 0 Å². The van der Waals surface area contributed by atoms with Crippen molar-refractivity contribution in [1.29, 1.82) is 0 Å². The number of hydrogen-bond acceptors (Lipinski definition) is 3. The summed E-state index contributed by atoms with van der Waals surface area (Å²) in [6.07, 6.45) is 4.57. The van der Waals surface area contributed by atoms with E-state index >= 15 is 0 Å². The third-order valence-corrected chi connectivity index (χ3v) is 3.81. The van der Waals surface area contributed by atoms with Crippen molar-refractivity contribution in [3.8, 4) is 0 Å². The zero-order valence-electron chi connectivity index (χ0n) is 11.8. The standard InChI is InChI=1S/C14H27NO3/c1-3-7-14(13(16)17)8-5-9-15(12-14)10-6-11-18-4-2/h3-12H2,1-2H3,(H,16,17). The maximum Gasteiger partial charge on any atom is 0.310 e. The van der Waals surface area contributed by atoms with E-state index in [0.29, 0.717) is 6.54 Å². The van der Waals surface area contributed by atoms with Crippen molar-refractivity contribution in [2.24, 2.45) is 5.41 Å². The number of ether oxygens (including phenoxy) is 1. The highest BCUT2D eigenvalue weighted by atomic mass is 16.5. The van der Waals surface area contributed by atoms with Gasteiger partial charge in [0.2, 0.25) is 0 Å². The van der Waals surface area contributed by atoms with Crippen LogP contribution in [0.5, 0.6) is 0 Å². The lowest BCUT2D eigenvalue weighted by Crippen LogP contribution is -2.48. The van der Waals surface area contributed by atoms with Crippen LogP contribution >= 0.6 is 0 Å². The summed E-state index contributed by atoms with van der Waals surface area (Å²) in [5.41, 5.74) is -0.501. The van der Waals surface area contributed by atoms with E-state index < -0.39 is 11.4 Å². The first-order chi connectivity index (χ1) is 8.64. The molecule has 18 heavy (non-hydrogen) atoms. The maximum absolute atomic E-state index is 11.5. The molecule has 0 aromatic rings. The van der Waals surface area contributed by atoms with E-state index in [1.54, 1.807) is 0 Å². The van der Waals surface area contributed by atoms with Crippen LogP contribution in [-0.2, 0) is 9.53 Å². The number of nitrogens with zero attached hydrogens (tertiary/aromatic N) is 1. The number of aliphatic carboxylic acids is 1. The molecule has 106 valence electrons. The van der Waals surface area contributed by atoms with Crippen molar-refractivity contribution in [3.05, 3.63) is 0 Å². The molecule has 4 nitrogen and oxygen atoms in total. The molecular formula is C14H27NO3. The van der Waals surface area contributed by atoms with Gasteiger partial charge >= 0.3 is 5.97 Å². The summed E-state index contributed by atoms with van der Waals surface area (Å²) in [6.45, 7) is 8.30. The number of carboxylic acid groups (broad SMARTS) is 1. The van der Waals surface area contributed by atoms with E-state index in [2.05, 4.69) is 11.8 Å². The molecule has 1 atom stereocenters. The van der Waals surface area contributed by atoms with E-state index in [9.17, 15) is 9.90 Å². The Bertz CT molecular complexity index is 253. The third-order valence-electron chi connectivity index (χ3n) is 3.81. The number of carboxylic acids is 1. The van der Waals surface area contributed by atoms with Gasteiger partial charge in [0.15, 0.2) is 0 Å². The number of likely N-dealkylation sites (tertiary alicyclic amines) is 1. The van der Waals surface area contributed by atoms with Crippen LogP contribution in [0.3, 0.4) is 0 Å². The van der Waals surface area contributed by atoms with Crippen LogP contribution in [0.4, 0.5) is 0 Å². The van der Waals surface area contributed by atoms with Crippen LogP contribution in [0, 0.1) is 5.41 Å². The number of piperidine rings is 1. The fourth-order valence-corrected chi connectivity index (χ4v) is 2.92. The predicted octanol–water partition coefficient (Wildman–Crippen LogP) is 2.38. The van der Waals surface area contributed by atoms with Crippen LogP contribution < -0.4 is 0 Å². The van der Waals surface area contributed by atoms with E-state index in [1.165, 1.54) is 0 Å². The minimum atomic E-state index is -0.612. The van der Waals surface area contributed by atoms with Crippen LogP contribution in [0.15, 0.2) is 0 Å². The molecule has 1 unspecified atom stereocenters. The Hall–Kier alpha value is -0.610. The van der Waals surface area contributed by atoms with Gasteiger partial charge in [0.25, 0.3) is 0 Å². The average molecular weight is 257 g/mol. The molecule has 1 aliphatic rings. The lowest BCUT2D eigenvalue weighted by Gasteiger charge is -2.40. The molecule has 1 aliphatic heterocycles. The van der Waals surface area contributed by atoms with E-state index in [0.717, 1.165) is 58.4 Å². The van der Waals surface area contributed by atoms with Gasteiger partial charge in [-0.2, -0.15) is 0 Å². The SMILES string of the molecule is CCCC1(C(=O)O)CCCN(CCCOCC)C1. The van der Waals surface area contributed by atoms with Crippen LogP contribution in [-0.4, -0.2) is 48.8 Å². The molecule has 0 bridgehead atoms. The van der Waals surface area contributed by atoms with Gasteiger partial charge in [-0.25, -0.2) is 0 Å². The van der Waals surface area contributed by atoms with Crippen molar-refractivity contribution in [2.45, 2.75) is 46.0 Å². The monoisotopic (exact) mass is 257 g/mol. The number of carbonyl (C=O) groups is 1. The Morgan fingerprint density at radius 3 is 2.83 bits per heavy atom. The topological polar surface area (TPSA) is 49.8 Å². The van der Waals surface area contributed by atoms with Gasteiger partial charge in [0.1, 0.15) is 0 Å².